The van der Waals surface area contributed by atoms with Crippen LogP contribution in [-0.4, -0.2) is 55.4 Å². The predicted octanol–water partition coefficient (Wildman–Crippen LogP) is 1.19. The van der Waals surface area contributed by atoms with Gasteiger partial charge in [-0.15, -0.1) is 0 Å². The molecule has 28 heavy (non-hydrogen) atoms. The number of carboxylic acid groups (broad SMARTS) is 1. The van der Waals surface area contributed by atoms with Gasteiger partial charge in [-0.25, -0.2) is 13.6 Å². The number of cyclic esters (lactones) is 1. The number of hydrogen-bond acceptors (Lipinski definition) is 5. The standard InChI is InChI=1S/C18H19F2N3O5/c1-8(24)21-4-10-5-23(18(27)28-10)9-2-13(19)16(14(20)3-9)22-6-11-12(7-22)15(11)17(25)26/h2-3,10-12,15H,4-7H2,1H3,(H,21,24)(H,25,26)/t10-,11+,12?,15?/m0/s1. The molecule has 2 N–H and O–H groups in total. The van der Waals surface area contributed by atoms with Crippen molar-refractivity contribution in [2.45, 2.75) is 13.0 Å². The predicted molar refractivity (Wildman–Crippen MR) is 93.0 cm³/mol. The van der Waals surface area contributed by atoms with Crippen LogP contribution in [0.4, 0.5) is 25.0 Å². The van der Waals surface area contributed by atoms with Crippen LogP contribution in [0.15, 0.2) is 12.1 Å². The van der Waals surface area contributed by atoms with Gasteiger partial charge in [-0.2, -0.15) is 0 Å². The van der Waals surface area contributed by atoms with Crippen molar-refractivity contribution < 1.29 is 33.0 Å². The molecule has 4 rings (SSSR count). The van der Waals surface area contributed by atoms with E-state index in [2.05, 4.69) is 5.32 Å². The average molecular weight is 395 g/mol. The Bertz CT molecular complexity index is 829. The minimum atomic E-state index is -0.868. The van der Waals surface area contributed by atoms with Crippen molar-refractivity contribution >= 4 is 29.3 Å². The molecule has 1 aromatic carbocycles. The number of halogens is 2. The molecule has 2 saturated heterocycles. The van der Waals surface area contributed by atoms with Crippen LogP contribution in [0.3, 0.4) is 0 Å². The first-order chi connectivity index (χ1) is 13.3. The van der Waals surface area contributed by atoms with Crippen molar-refractivity contribution in [2.75, 3.05) is 36.0 Å². The van der Waals surface area contributed by atoms with Crippen molar-refractivity contribution in [3.05, 3.63) is 23.8 Å². The quantitative estimate of drug-likeness (QED) is 0.777. The van der Waals surface area contributed by atoms with Gasteiger partial charge in [0.1, 0.15) is 11.8 Å². The van der Waals surface area contributed by atoms with E-state index in [1.54, 1.807) is 0 Å². The topological polar surface area (TPSA) is 99.2 Å². The summed E-state index contributed by atoms with van der Waals surface area (Å²) in [5, 5.41) is 11.6. The number of carbonyl (C=O) groups is 3. The van der Waals surface area contributed by atoms with E-state index in [1.807, 2.05) is 0 Å². The summed E-state index contributed by atoms with van der Waals surface area (Å²) in [5.74, 6) is -3.38. The van der Waals surface area contributed by atoms with E-state index < -0.39 is 35.7 Å². The second kappa shape index (κ2) is 6.61. The molecule has 0 bridgehead atoms. The Morgan fingerprint density at radius 2 is 1.82 bits per heavy atom. The van der Waals surface area contributed by atoms with Crippen LogP contribution in [-0.2, 0) is 14.3 Å². The third-order valence-electron chi connectivity index (χ3n) is 5.56. The van der Waals surface area contributed by atoms with Gasteiger partial charge in [-0.05, 0) is 11.8 Å². The molecule has 1 aromatic rings. The number of hydrogen-bond donors (Lipinski definition) is 2. The summed E-state index contributed by atoms with van der Waals surface area (Å²) in [7, 11) is 0. The number of carbonyl (C=O) groups excluding carboxylic acids is 2. The summed E-state index contributed by atoms with van der Waals surface area (Å²) in [6, 6.07) is 2.14. The molecule has 2 unspecified atom stereocenters. The zero-order valence-corrected chi connectivity index (χ0v) is 15.0. The summed E-state index contributed by atoms with van der Waals surface area (Å²) in [6.45, 7) is 2.09. The molecule has 1 saturated carbocycles. The summed E-state index contributed by atoms with van der Waals surface area (Å²) in [5.41, 5.74) is -0.177. The van der Waals surface area contributed by atoms with E-state index in [0.717, 1.165) is 17.0 Å². The number of fused-ring (bicyclic) bond motifs is 1. The molecule has 1 aliphatic carbocycles. The van der Waals surface area contributed by atoms with Crippen molar-refractivity contribution in [1.29, 1.82) is 0 Å². The average Bonchev–Trinajstić information content (AvgIpc) is 2.94. The fraction of sp³-hybridized carbons (Fsp3) is 0.500. The number of piperidine rings is 1. The van der Waals surface area contributed by atoms with Crippen LogP contribution >= 0.6 is 0 Å². The van der Waals surface area contributed by atoms with Crippen LogP contribution < -0.4 is 15.1 Å². The van der Waals surface area contributed by atoms with Gasteiger partial charge in [0.05, 0.1) is 24.7 Å². The largest absolute Gasteiger partial charge is 0.481 e. The number of carboxylic acids is 1. The van der Waals surface area contributed by atoms with E-state index in [-0.39, 0.29) is 42.2 Å². The third kappa shape index (κ3) is 3.12. The number of nitrogens with one attached hydrogen (secondary N) is 1. The van der Waals surface area contributed by atoms with Gasteiger partial charge in [0.2, 0.25) is 5.91 Å². The van der Waals surface area contributed by atoms with Gasteiger partial charge in [0.15, 0.2) is 11.6 Å². The van der Waals surface area contributed by atoms with E-state index in [4.69, 9.17) is 9.84 Å². The Morgan fingerprint density at radius 1 is 1.21 bits per heavy atom. The lowest BCUT2D eigenvalue weighted by molar-refractivity contribution is -0.139. The second-order valence-corrected chi connectivity index (χ2v) is 7.41. The zero-order valence-electron chi connectivity index (χ0n) is 15.0. The van der Waals surface area contributed by atoms with Gasteiger partial charge >= 0.3 is 12.1 Å². The molecule has 0 spiro atoms. The fourth-order valence-electron chi connectivity index (χ4n) is 4.18. The van der Waals surface area contributed by atoms with Gasteiger partial charge in [-0.1, -0.05) is 0 Å². The third-order valence-corrected chi connectivity index (χ3v) is 5.56. The number of anilines is 2. The van der Waals surface area contributed by atoms with E-state index >= 15 is 0 Å². The lowest BCUT2D eigenvalue weighted by Gasteiger charge is -2.24. The zero-order chi connectivity index (χ0) is 20.2. The minimum Gasteiger partial charge on any atom is -0.481 e. The number of nitrogens with zero attached hydrogens (tertiary/aromatic N) is 2. The highest BCUT2D eigenvalue weighted by molar-refractivity contribution is 5.90. The van der Waals surface area contributed by atoms with Crippen molar-refractivity contribution in [3.8, 4) is 0 Å². The molecule has 8 nitrogen and oxygen atoms in total. The first kappa shape index (κ1) is 18.5. The fourth-order valence-corrected chi connectivity index (χ4v) is 4.18. The smallest absolute Gasteiger partial charge is 0.414 e. The highest BCUT2D eigenvalue weighted by atomic mass is 19.1. The Labute approximate surface area is 159 Å². The molecule has 10 heteroatoms. The van der Waals surface area contributed by atoms with E-state index in [1.165, 1.54) is 11.8 Å². The van der Waals surface area contributed by atoms with Crippen molar-refractivity contribution in [2.24, 2.45) is 17.8 Å². The van der Waals surface area contributed by atoms with Crippen molar-refractivity contribution in [1.82, 2.24) is 5.32 Å². The molecule has 2 heterocycles. The number of amides is 2. The van der Waals surface area contributed by atoms with Crippen LogP contribution in [0.5, 0.6) is 0 Å². The monoisotopic (exact) mass is 395 g/mol. The minimum absolute atomic E-state index is 0.0295. The van der Waals surface area contributed by atoms with Gasteiger partial charge in [-0.3, -0.25) is 14.5 Å². The summed E-state index contributed by atoms with van der Waals surface area (Å²) in [4.78, 5) is 36.7. The second-order valence-electron chi connectivity index (χ2n) is 7.41. The van der Waals surface area contributed by atoms with Gasteiger partial charge < -0.3 is 20.1 Å². The Kier molecular flexibility index (Phi) is 4.35. The SMILES string of the molecule is CC(=O)NC[C@H]1CN(c2cc(F)c(N3CC4C(C(=O)O)[C@@H]4C3)c(F)c2)C(=O)O1. The Hall–Kier alpha value is -2.91. The summed E-state index contributed by atoms with van der Waals surface area (Å²) >= 11 is 0. The molecular weight excluding hydrogens is 376 g/mol. The number of ether oxygens (including phenoxy) is 1. The number of rotatable bonds is 5. The maximum absolute atomic E-state index is 14.7. The first-order valence-electron chi connectivity index (χ1n) is 8.95. The Balaban J connectivity index is 1.47. The molecule has 0 aromatic heterocycles. The first-order valence-corrected chi connectivity index (χ1v) is 8.95. The maximum atomic E-state index is 14.7. The summed E-state index contributed by atoms with van der Waals surface area (Å²) in [6.07, 6.45) is -1.35. The number of benzene rings is 1. The van der Waals surface area contributed by atoms with Crippen LogP contribution in [0.1, 0.15) is 6.92 Å². The Morgan fingerprint density at radius 3 is 2.36 bits per heavy atom. The summed E-state index contributed by atoms with van der Waals surface area (Å²) < 4.78 is 34.4. The number of aliphatic carboxylic acids is 1. The van der Waals surface area contributed by atoms with E-state index in [9.17, 15) is 23.2 Å². The van der Waals surface area contributed by atoms with Crippen molar-refractivity contribution in [3.63, 3.8) is 0 Å². The maximum Gasteiger partial charge on any atom is 0.414 e. The lowest BCUT2D eigenvalue weighted by atomic mass is 10.2. The highest BCUT2D eigenvalue weighted by Gasteiger charge is 2.60. The molecule has 4 atom stereocenters. The molecule has 3 fully saturated rings. The molecular formula is C18H19F2N3O5. The van der Waals surface area contributed by atoms with Gasteiger partial charge in [0, 0.05) is 32.1 Å². The molecule has 0 radical (unpaired) electrons. The normalized spacial score (nSPS) is 28.2. The molecule has 2 amide bonds. The van der Waals surface area contributed by atoms with Crippen LogP contribution in [0.25, 0.3) is 0 Å². The molecule has 2 aliphatic heterocycles. The highest BCUT2D eigenvalue weighted by Crippen LogP contribution is 2.53. The molecule has 3 aliphatic rings. The van der Waals surface area contributed by atoms with E-state index in [0.29, 0.717) is 13.1 Å². The molecule has 150 valence electrons. The van der Waals surface area contributed by atoms with Crippen LogP contribution in [0.2, 0.25) is 0 Å². The van der Waals surface area contributed by atoms with Gasteiger partial charge in [0.25, 0.3) is 0 Å². The lowest BCUT2D eigenvalue weighted by Crippen LogP contribution is -2.33. The van der Waals surface area contributed by atoms with Crippen LogP contribution in [0, 0.1) is 29.4 Å².